The van der Waals surface area contributed by atoms with Crippen LogP contribution in [0.5, 0.6) is 0 Å². The molecule has 4 nitrogen and oxygen atoms in total. The summed E-state index contributed by atoms with van der Waals surface area (Å²) in [7, 11) is 0. The molecule has 68 valence electrons. The summed E-state index contributed by atoms with van der Waals surface area (Å²) < 4.78 is 4.63. The topological polar surface area (TPSA) is 51.8 Å². The van der Waals surface area contributed by atoms with E-state index in [1.54, 1.807) is 11.3 Å². The van der Waals surface area contributed by atoms with Gasteiger partial charge in [0.2, 0.25) is 5.82 Å². The van der Waals surface area contributed by atoms with Gasteiger partial charge >= 0.3 is 5.35 Å². The number of rotatable bonds is 2. The Morgan fingerprint density at radius 3 is 2.92 bits per heavy atom. The van der Waals surface area contributed by atoms with Crippen LogP contribution < -0.4 is 0 Å². The van der Waals surface area contributed by atoms with Gasteiger partial charge in [-0.15, -0.1) is 11.3 Å². The van der Waals surface area contributed by atoms with Gasteiger partial charge in [0.05, 0.1) is 5.01 Å². The van der Waals surface area contributed by atoms with Crippen LogP contribution in [0, 0.1) is 0 Å². The van der Waals surface area contributed by atoms with Gasteiger partial charge < -0.3 is 4.52 Å². The molecule has 0 unspecified atom stereocenters. The van der Waals surface area contributed by atoms with Crippen molar-refractivity contribution in [1.29, 1.82) is 0 Å². The van der Waals surface area contributed by atoms with Crippen molar-refractivity contribution >= 4 is 22.9 Å². The first-order valence-electron chi connectivity index (χ1n) is 3.73. The van der Waals surface area contributed by atoms with Crippen molar-refractivity contribution in [3.05, 3.63) is 15.7 Å². The van der Waals surface area contributed by atoms with Crippen molar-refractivity contribution < 1.29 is 4.52 Å². The van der Waals surface area contributed by atoms with Crippen LogP contribution >= 0.6 is 22.9 Å². The number of halogens is 1. The van der Waals surface area contributed by atoms with Gasteiger partial charge in [-0.3, -0.25) is 0 Å². The Labute approximate surface area is 83.6 Å². The van der Waals surface area contributed by atoms with Crippen LogP contribution in [0.15, 0.2) is 9.90 Å². The van der Waals surface area contributed by atoms with Gasteiger partial charge in [-0.1, -0.05) is 12.1 Å². The van der Waals surface area contributed by atoms with Gasteiger partial charge in [0, 0.05) is 5.38 Å². The molecular weight excluding hydrogens is 210 g/mol. The molecule has 0 bridgehead atoms. The van der Waals surface area contributed by atoms with Crippen molar-refractivity contribution in [3.63, 3.8) is 0 Å². The standard InChI is InChI=1S/C7H6ClN3OS/c1-2-5-9-4(3-13-5)6-10-7(8)12-11-6/h3H,2H2,1H3. The largest absolute Gasteiger partial charge is 0.321 e. The summed E-state index contributed by atoms with van der Waals surface area (Å²) in [5.74, 6) is 0.445. The second-order valence-corrected chi connectivity index (χ2v) is 3.62. The summed E-state index contributed by atoms with van der Waals surface area (Å²) in [6.45, 7) is 2.05. The zero-order valence-corrected chi connectivity index (χ0v) is 8.39. The summed E-state index contributed by atoms with van der Waals surface area (Å²) in [4.78, 5) is 8.15. The second-order valence-electron chi connectivity index (χ2n) is 2.35. The molecule has 0 saturated carbocycles. The van der Waals surface area contributed by atoms with E-state index in [1.807, 2.05) is 12.3 Å². The lowest BCUT2D eigenvalue weighted by Gasteiger charge is -1.83. The van der Waals surface area contributed by atoms with Crippen LogP contribution in [0.1, 0.15) is 11.9 Å². The van der Waals surface area contributed by atoms with Gasteiger partial charge in [0.1, 0.15) is 5.69 Å². The molecule has 0 atom stereocenters. The van der Waals surface area contributed by atoms with Crippen molar-refractivity contribution in [3.8, 4) is 11.5 Å². The molecule has 0 amide bonds. The first-order valence-corrected chi connectivity index (χ1v) is 4.99. The van der Waals surface area contributed by atoms with Gasteiger partial charge in [-0.05, 0) is 18.0 Å². The van der Waals surface area contributed by atoms with E-state index < -0.39 is 0 Å². The Morgan fingerprint density at radius 1 is 1.54 bits per heavy atom. The van der Waals surface area contributed by atoms with Gasteiger partial charge in [-0.25, -0.2) is 4.98 Å². The molecule has 2 heterocycles. The fourth-order valence-corrected chi connectivity index (χ4v) is 1.72. The Kier molecular flexibility index (Phi) is 2.28. The van der Waals surface area contributed by atoms with Gasteiger partial charge in [0.25, 0.3) is 0 Å². The van der Waals surface area contributed by atoms with Crippen LogP contribution in [0.25, 0.3) is 11.5 Å². The molecule has 0 N–H and O–H groups in total. The smallest absolute Gasteiger partial charge is 0.320 e. The minimum atomic E-state index is 0.0426. The molecule has 0 aliphatic heterocycles. The zero-order chi connectivity index (χ0) is 9.26. The third-order valence-electron chi connectivity index (χ3n) is 1.48. The highest BCUT2D eigenvalue weighted by molar-refractivity contribution is 7.09. The van der Waals surface area contributed by atoms with Crippen molar-refractivity contribution in [1.82, 2.24) is 15.1 Å². The van der Waals surface area contributed by atoms with E-state index in [4.69, 9.17) is 11.6 Å². The third-order valence-corrected chi connectivity index (χ3v) is 2.63. The highest BCUT2D eigenvalue weighted by Gasteiger charge is 2.09. The van der Waals surface area contributed by atoms with E-state index >= 15 is 0 Å². The molecular formula is C7H6ClN3OS. The van der Waals surface area contributed by atoms with Crippen molar-refractivity contribution in [2.75, 3.05) is 0 Å². The van der Waals surface area contributed by atoms with E-state index in [0.29, 0.717) is 5.82 Å². The van der Waals surface area contributed by atoms with Crippen molar-refractivity contribution in [2.24, 2.45) is 0 Å². The van der Waals surface area contributed by atoms with Crippen LogP contribution in [0.4, 0.5) is 0 Å². The lowest BCUT2D eigenvalue weighted by atomic mass is 10.4. The molecule has 0 radical (unpaired) electrons. The number of aryl methyl sites for hydroxylation is 1. The third kappa shape index (κ3) is 1.71. The summed E-state index contributed by atoms with van der Waals surface area (Å²) in [5.41, 5.74) is 0.720. The van der Waals surface area contributed by atoms with Gasteiger partial charge in [0.15, 0.2) is 0 Å². The highest BCUT2D eigenvalue weighted by Crippen LogP contribution is 2.20. The molecule has 2 rings (SSSR count). The maximum Gasteiger partial charge on any atom is 0.320 e. The lowest BCUT2D eigenvalue weighted by molar-refractivity contribution is 0.420. The van der Waals surface area contributed by atoms with Crippen LogP contribution in [-0.2, 0) is 6.42 Å². The molecule has 6 heteroatoms. The maximum absolute atomic E-state index is 5.49. The Morgan fingerprint density at radius 2 is 2.38 bits per heavy atom. The normalized spacial score (nSPS) is 10.6. The number of aromatic nitrogens is 3. The summed E-state index contributed by atoms with van der Waals surface area (Å²) in [6, 6.07) is 0. The molecule has 0 fully saturated rings. The predicted molar refractivity (Wildman–Crippen MR) is 49.8 cm³/mol. The molecule has 0 aliphatic rings. The van der Waals surface area contributed by atoms with E-state index in [-0.39, 0.29) is 5.35 Å². The van der Waals surface area contributed by atoms with Crippen LogP contribution in [-0.4, -0.2) is 15.1 Å². The summed E-state index contributed by atoms with van der Waals surface area (Å²) in [5, 5.41) is 6.64. The van der Waals surface area contributed by atoms with Gasteiger partial charge in [-0.2, -0.15) is 4.98 Å². The lowest BCUT2D eigenvalue weighted by Crippen LogP contribution is -1.81. The molecule has 0 aromatic carbocycles. The Bertz CT molecular complexity index is 411. The van der Waals surface area contributed by atoms with E-state index in [0.717, 1.165) is 17.1 Å². The van der Waals surface area contributed by atoms with E-state index in [2.05, 4.69) is 19.6 Å². The first-order chi connectivity index (χ1) is 6.29. The second kappa shape index (κ2) is 3.43. The van der Waals surface area contributed by atoms with Crippen LogP contribution in [0.2, 0.25) is 5.35 Å². The molecule has 13 heavy (non-hydrogen) atoms. The fourth-order valence-electron chi connectivity index (χ4n) is 0.885. The Balaban J connectivity index is 2.35. The number of thiazole rings is 1. The average Bonchev–Trinajstić information content (AvgIpc) is 2.71. The molecule has 0 aliphatic carbocycles. The Hall–Kier alpha value is -0.940. The maximum atomic E-state index is 5.49. The van der Waals surface area contributed by atoms with E-state index in [9.17, 15) is 0 Å². The molecule has 0 saturated heterocycles. The number of hydrogen-bond acceptors (Lipinski definition) is 5. The number of hydrogen-bond donors (Lipinski definition) is 0. The molecule has 2 aromatic rings. The molecule has 2 aromatic heterocycles. The molecule has 0 spiro atoms. The highest BCUT2D eigenvalue weighted by atomic mass is 35.5. The minimum absolute atomic E-state index is 0.0426. The summed E-state index contributed by atoms with van der Waals surface area (Å²) >= 11 is 7.06. The fraction of sp³-hybridized carbons (Fsp3) is 0.286. The average molecular weight is 216 g/mol. The summed E-state index contributed by atoms with van der Waals surface area (Å²) in [6.07, 6.45) is 0.913. The van der Waals surface area contributed by atoms with Crippen molar-refractivity contribution in [2.45, 2.75) is 13.3 Å². The zero-order valence-electron chi connectivity index (χ0n) is 6.82. The van der Waals surface area contributed by atoms with Crippen LogP contribution in [0.3, 0.4) is 0 Å². The SMILES string of the molecule is CCc1nc(-c2noc(Cl)n2)cs1. The number of nitrogens with zero attached hydrogens (tertiary/aromatic N) is 3. The van der Waals surface area contributed by atoms with E-state index in [1.165, 1.54) is 0 Å². The minimum Gasteiger partial charge on any atom is -0.321 e. The monoisotopic (exact) mass is 215 g/mol. The first kappa shape index (κ1) is 8.65. The predicted octanol–water partition coefficient (Wildman–Crippen LogP) is 2.41. The quantitative estimate of drug-likeness (QED) is 0.772.